The molecule has 0 aliphatic heterocycles. The molecule has 2 aliphatic carbocycles. The highest BCUT2D eigenvalue weighted by Crippen LogP contribution is 2.44. The fourth-order valence-corrected chi connectivity index (χ4v) is 4.40. The summed E-state index contributed by atoms with van der Waals surface area (Å²) in [6, 6.07) is 0. The van der Waals surface area contributed by atoms with E-state index in [0.29, 0.717) is 23.7 Å². The first-order valence-electron chi connectivity index (χ1n) is 8.25. The molecule has 0 amide bonds. The summed E-state index contributed by atoms with van der Waals surface area (Å²) in [6.07, 6.45) is 9.42. The highest BCUT2D eigenvalue weighted by molar-refractivity contribution is 4.88. The van der Waals surface area contributed by atoms with Gasteiger partial charge < -0.3 is 0 Å². The molecule has 0 nitrogen and oxygen atoms in total. The zero-order valence-corrected chi connectivity index (χ0v) is 12.5. The van der Waals surface area contributed by atoms with Gasteiger partial charge in [0.25, 0.3) is 0 Å². The summed E-state index contributed by atoms with van der Waals surface area (Å²) in [4.78, 5) is 0. The van der Waals surface area contributed by atoms with Crippen LogP contribution < -0.4 is 0 Å². The van der Waals surface area contributed by atoms with E-state index < -0.39 is 6.17 Å². The molecule has 2 rings (SSSR count). The zero-order chi connectivity index (χ0) is 13.1. The maximum absolute atomic E-state index is 14.5. The lowest BCUT2D eigenvalue weighted by molar-refractivity contribution is 0.0439. The van der Waals surface area contributed by atoms with Crippen LogP contribution in [0.2, 0.25) is 0 Å². The van der Waals surface area contributed by atoms with Gasteiger partial charge in [0.2, 0.25) is 0 Å². The Labute approximate surface area is 113 Å². The van der Waals surface area contributed by atoms with Crippen LogP contribution >= 0.6 is 0 Å². The molecule has 0 aromatic rings. The fourth-order valence-electron chi connectivity index (χ4n) is 4.40. The van der Waals surface area contributed by atoms with Gasteiger partial charge in [-0.05, 0) is 55.3 Å². The summed E-state index contributed by atoms with van der Waals surface area (Å²) in [5.41, 5.74) is 0. The van der Waals surface area contributed by atoms with Crippen molar-refractivity contribution >= 4 is 0 Å². The van der Waals surface area contributed by atoms with Crippen LogP contribution in [0.15, 0.2) is 0 Å². The van der Waals surface area contributed by atoms with Crippen molar-refractivity contribution in [1.29, 1.82) is 0 Å². The third-order valence-electron chi connectivity index (χ3n) is 5.81. The minimum Gasteiger partial charge on any atom is -0.247 e. The third-order valence-corrected chi connectivity index (χ3v) is 5.81. The lowest BCUT2D eigenvalue weighted by atomic mass is 9.66. The molecule has 2 fully saturated rings. The normalized spacial score (nSPS) is 42.2. The lowest BCUT2D eigenvalue weighted by Gasteiger charge is -2.41. The van der Waals surface area contributed by atoms with Gasteiger partial charge in [-0.2, -0.15) is 0 Å². The van der Waals surface area contributed by atoms with Gasteiger partial charge in [-0.25, -0.2) is 4.39 Å². The minimum absolute atomic E-state index is 0.398. The molecule has 0 bridgehead atoms. The summed E-state index contributed by atoms with van der Waals surface area (Å²) >= 11 is 0. The topological polar surface area (TPSA) is 0 Å². The number of halogens is 1. The molecule has 0 radical (unpaired) electrons. The van der Waals surface area contributed by atoms with Crippen LogP contribution in [-0.2, 0) is 0 Å². The van der Waals surface area contributed by atoms with Crippen molar-refractivity contribution in [3.05, 3.63) is 0 Å². The van der Waals surface area contributed by atoms with Crippen molar-refractivity contribution < 1.29 is 4.39 Å². The average Bonchev–Trinajstić information content (AvgIpc) is 2.38. The third kappa shape index (κ3) is 3.27. The molecular formula is C17H31F. The molecule has 0 spiro atoms. The van der Waals surface area contributed by atoms with E-state index in [2.05, 4.69) is 20.8 Å². The largest absolute Gasteiger partial charge is 0.247 e. The molecule has 0 aromatic heterocycles. The molecule has 1 heteroatoms. The second kappa shape index (κ2) is 6.39. The van der Waals surface area contributed by atoms with Crippen LogP contribution in [0.3, 0.4) is 0 Å². The summed E-state index contributed by atoms with van der Waals surface area (Å²) in [7, 11) is 0. The van der Waals surface area contributed by atoms with Gasteiger partial charge in [-0.3, -0.25) is 0 Å². The van der Waals surface area contributed by atoms with Crippen LogP contribution in [0.25, 0.3) is 0 Å². The molecule has 106 valence electrons. The van der Waals surface area contributed by atoms with Crippen molar-refractivity contribution in [2.24, 2.45) is 29.6 Å². The van der Waals surface area contributed by atoms with Crippen LogP contribution in [0.1, 0.15) is 72.1 Å². The van der Waals surface area contributed by atoms with Gasteiger partial charge in [-0.15, -0.1) is 0 Å². The number of alkyl halides is 1. The van der Waals surface area contributed by atoms with E-state index in [1.807, 2.05) is 0 Å². The summed E-state index contributed by atoms with van der Waals surface area (Å²) < 4.78 is 14.5. The number of rotatable bonds is 3. The van der Waals surface area contributed by atoms with Crippen LogP contribution in [0.5, 0.6) is 0 Å². The molecular weight excluding hydrogens is 223 g/mol. The predicted molar refractivity (Wildman–Crippen MR) is 76.3 cm³/mol. The van der Waals surface area contributed by atoms with E-state index in [1.165, 1.54) is 38.5 Å². The fraction of sp³-hybridized carbons (Fsp3) is 1.00. The van der Waals surface area contributed by atoms with Gasteiger partial charge in [0.1, 0.15) is 6.17 Å². The molecule has 5 atom stereocenters. The van der Waals surface area contributed by atoms with Gasteiger partial charge in [0, 0.05) is 0 Å². The molecule has 5 unspecified atom stereocenters. The summed E-state index contributed by atoms with van der Waals surface area (Å²) in [6.45, 7) is 6.81. The maximum Gasteiger partial charge on any atom is 0.103 e. The maximum atomic E-state index is 14.5. The van der Waals surface area contributed by atoms with Gasteiger partial charge in [0.05, 0.1) is 0 Å². The van der Waals surface area contributed by atoms with Crippen molar-refractivity contribution in [2.75, 3.05) is 0 Å². The van der Waals surface area contributed by atoms with Crippen molar-refractivity contribution in [2.45, 2.75) is 78.3 Å². The molecule has 2 aliphatic rings. The minimum atomic E-state index is -0.508. The molecule has 0 N–H and O–H groups in total. The van der Waals surface area contributed by atoms with Crippen LogP contribution in [0, 0.1) is 29.6 Å². The zero-order valence-electron chi connectivity index (χ0n) is 12.5. The Balaban J connectivity index is 1.89. The number of hydrogen-bond donors (Lipinski definition) is 0. The van der Waals surface area contributed by atoms with E-state index in [1.54, 1.807) is 0 Å². The van der Waals surface area contributed by atoms with E-state index in [4.69, 9.17) is 0 Å². The van der Waals surface area contributed by atoms with E-state index in [0.717, 1.165) is 18.8 Å². The summed E-state index contributed by atoms with van der Waals surface area (Å²) in [5, 5.41) is 0. The van der Waals surface area contributed by atoms with Crippen molar-refractivity contribution in [3.8, 4) is 0 Å². The van der Waals surface area contributed by atoms with E-state index >= 15 is 0 Å². The first-order chi connectivity index (χ1) is 8.61. The molecule has 0 aromatic carbocycles. The Morgan fingerprint density at radius 1 is 1.06 bits per heavy atom. The average molecular weight is 254 g/mol. The van der Waals surface area contributed by atoms with Crippen LogP contribution in [0.4, 0.5) is 4.39 Å². The SMILES string of the molecule is CCC1CCCC(C2CCC(C(C)C)CC2F)C1. The molecule has 18 heavy (non-hydrogen) atoms. The van der Waals surface area contributed by atoms with Crippen molar-refractivity contribution in [1.82, 2.24) is 0 Å². The van der Waals surface area contributed by atoms with E-state index in [9.17, 15) is 4.39 Å². The van der Waals surface area contributed by atoms with Gasteiger partial charge in [0.15, 0.2) is 0 Å². The van der Waals surface area contributed by atoms with Crippen molar-refractivity contribution in [3.63, 3.8) is 0 Å². The first kappa shape index (κ1) is 14.3. The Bertz CT molecular complexity index is 248. The highest BCUT2D eigenvalue weighted by Gasteiger charge is 2.37. The van der Waals surface area contributed by atoms with E-state index in [-0.39, 0.29) is 0 Å². The Morgan fingerprint density at radius 2 is 1.83 bits per heavy atom. The Hall–Kier alpha value is -0.0700. The quantitative estimate of drug-likeness (QED) is 0.614. The van der Waals surface area contributed by atoms with Gasteiger partial charge >= 0.3 is 0 Å². The Morgan fingerprint density at radius 3 is 2.44 bits per heavy atom. The molecule has 0 heterocycles. The molecule has 2 saturated carbocycles. The lowest BCUT2D eigenvalue weighted by Crippen LogP contribution is -2.35. The monoisotopic (exact) mass is 254 g/mol. The second-order valence-electron chi connectivity index (χ2n) is 7.20. The Kier molecular flexibility index (Phi) is 5.09. The number of hydrogen-bond acceptors (Lipinski definition) is 0. The highest BCUT2D eigenvalue weighted by atomic mass is 19.1. The predicted octanol–water partition coefficient (Wildman–Crippen LogP) is 5.61. The van der Waals surface area contributed by atoms with Crippen LogP contribution in [-0.4, -0.2) is 6.17 Å². The second-order valence-corrected chi connectivity index (χ2v) is 7.20. The smallest absolute Gasteiger partial charge is 0.103 e. The molecule has 0 saturated heterocycles. The first-order valence-corrected chi connectivity index (χ1v) is 8.25. The summed E-state index contributed by atoms with van der Waals surface area (Å²) in [5.74, 6) is 3.29. The van der Waals surface area contributed by atoms with Gasteiger partial charge in [-0.1, -0.05) is 46.5 Å². The standard InChI is InChI=1S/C17H31F/c1-4-13-6-5-7-15(10-13)16-9-8-14(12(2)3)11-17(16)18/h12-17H,4-11H2,1-3H3.